The van der Waals surface area contributed by atoms with Crippen LogP contribution in [0.2, 0.25) is 5.02 Å². The topological polar surface area (TPSA) is 66.5 Å². The van der Waals surface area contributed by atoms with Crippen molar-refractivity contribution in [1.29, 1.82) is 0 Å². The number of nitrogens with zero attached hydrogens (tertiary/aromatic N) is 1. The molecule has 1 amide bonds. The summed E-state index contributed by atoms with van der Waals surface area (Å²) >= 11 is 5.90. The molecule has 0 radical (unpaired) electrons. The fraction of sp³-hybridized carbons (Fsp3) is 0.381. The lowest BCUT2D eigenvalue weighted by molar-refractivity contribution is -0.120. The van der Waals surface area contributed by atoms with Gasteiger partial charge < -0.3 is 5.32 Å². The maximum Gasteiger partial charge on any atom is 0.264 e. The van der Waals surface area contributed by atoms with E-state index in [4.69, 9.17) is 11.6 Å². The summed E-state index contributed by atoms with van der Waals surface area (Å²) in [5, 5.41) is 3.32. The van der Waals surface area contributed by atoms with Crippen molar-refractivity contribution in [2.75, 3.05) is 10.8 Å². The molecule has 5 nitrogen and oxygen atoms in total. The monoisotopic (exact) mass is 422 g/mol. The van der Waals surface area contributed by atoms with Crippen molar-refractivity contribution in [3.05, 3.63) is 58.6 Å². The van der Waals surface area contributed by atoms with Crippen LogP contribution >= 0.6 is 11.6 Å². The Morgan fingerprint density at radius 1 is 1.11 bits per heavy atom. The van der Waals surface area contributed by atoms with Crippen molar-refractivity contribution in [1.82, 2.24) is 5.32 Å². The van der Waals surface area contributed by atoms with Crippen molar-refractivity contribution < 1.29 is 13.2 Å². The largest absolute Gasteiger partial charge is 0.352 e. The summed E-state index contributed by atoms with van der Waals surface area (Å²) in [4.78, 5) is 12.6. The molecule has 2 rings (SSSR count). The van der Waals surface area contributed by atoms with E-state index in [0.717, 1.165) is 28.3 Å². The number of benzene rings is 2. The van der Waals surface area contributed by atoms with Gasteiger partial charge in [0, 0.05) is 11.1 Å². The molecule has 0 saturated heterocycles. The van der Waals surface area contributed by atoms with Crippen LogP contribution in [0.3, 0.4) is 0 Å². The van der Waals surface area contributed by atoms with E-state index in [0.29, 0.717) is 10.7 Å². The number of amides is 1. The lowest BCUT2D eigenvalue weighted by Gasteiger charge is -2.25. The van der Waals surface area contributed by atoms with E-state index in [-0.39, 0.29) is 23.4 Å². The molecule has 2 aromatic rings. The molecule has 1 N–H and O–H groups in total. The summed E-state index contributed by atoms with van der Waals surface area (Å²) in [6, 6.07) is 11.3. The van der Waals surface area contributed by atoms with Crippen LogP contribution in [0.25, 0.3) is 0 Å². The lowest BCUT2D eigenvalue weighted by Crippen LogP contribution is -2.43. The van der Waals surface area contributed by atoms with E-state index in [1.165, 1.54) is 24.3 Å². The number of aryl methyl sites for hydroxylation is 2. The smallest absolute Gasteiger partial charge is 0.264 e. The second-order valence-electron chi connectivity index (χ2n) is 6.99. The average molecular weight is 423 g/mol. The third-order valence-corrected chi connectivity index (χ3v) is 6.64. The predicted octanol–water partition coefficient (Wildman–Crippen LogP) is 4.46. The molecule has 1 atom stereocenters. The zero-order valence-corrected chi connectivity index (χ0v) is 18.3. The summed E-state index contributed by atoms with van der Waals surface area (Å²) in [6.45, 7) is 7.53. The molecule has 0 aliphatic carbocycles. The Morgan fingerprint density at radius 3 is 2.32 bits per heavy atom. The van der Waals surface area contributed by atoms with E-state index in [2.05, 4.69) is 5.32 Å². The maximum absolute atomic E-state index is 13.3. The van der Waals surface area contributed by atoms with Crippen LogP contribution in [-0.2, 0) is 14.8 Å². The first-order valence-corrected chi connectivity index (χ1v) is 11.1. The van der Waals surface area contributed by atoms with Crippen molar-refractivity contribution in [2.24, 2.45) is 0 Å². The SMILES string of the molecule is CCC[C@@H](C)NC(=O)CN(c1ccc(C)c(C)c1)S(=O)(=O)c1ccc(Cl)cc1. The van der Waals surface area contributed by atoms with Gasteiger partial charge in [0.25, 0.3) is 10.0 Å². The molecule has 0 spiro atoms. The van der Waals surface area contributed by atoms with Crippen molar-refractivity contribution in [3.63, 3.8) is 0 Å². The zero-order valence-electron chi connectivity index (χ0n) is 16.7. The molecule has 28 heavy (non-hydrogen) atoms. The van der Waals surface area contributed by atoms with Crippen LogP contribution < -0.4 is 9.62 Å². The van der Waals surface area contributed by atoms with Crippen molar-refractivity contribution >= 4 is 33.2 Å². The number of sulfonamides is 1. The summed E-state index contributed by atoms with van der Waals surface area (Å²) < 4.78 is 27.7. The molecule has 0 aliphatic rings. The lowest BCUT2D eigenvalue weighted by atomic mass is 10.1. The molecule has 0 unspecified atom stereocenters. The van der Waals surface area contributed by atoms with E-state index < -0.39 is 10.0 Å². The number of rotatable bonds is 8. The molecular weight excluding hydrogens is 396 g/mol. The van der Waals surface area contributed by atoms with Gasteiger partial charge in [0.15, 0.2) is 0 Å². The van der Waals surface area contributed by atoms with Gasteiger partial charge >= 0.3 is 0 Å². The minimum atomic E-state index is -3.93. The van der Waals surface area contributed by atoms with Crippen LogP contribution in [0.15, 0.2) is 47.4 Å². The van der Waals surface area contributed by atoms with Gasteiger partial charge in [-0.05, 0) is 74.7 Å². The van der Waals surface area contributed by atoms with Crippen LogP contribution in [0.4, 0.5) is 5.69 Å². The van der Waals surface area contributed by atoms with E-state index in [1.54, 1.807) is 12.1 Å². The van der Waals surface area contributed by atoms with Gasteiger partial charge in [0.05, 0.1) is 10.6 Å². The normalized spacial score (nSPS) is 12.5. The van der Waals surface area contributed by atoms with Gasteiger partial charge in [-0.25, -0.2) is 8.42 Å². The van der Waals surface area contributed by atoms with Gasteiger partial charge in [0.1, 0.15) is 6.54 Å². The highest BCUT2D eigenvalue weighted by Crippen LogP contribution is 2.26. The number of anilines is 1. The first kappa shape index (κ1) is 22.2. The summed E-state index contributed by atoms with van der Waals surface area (Å²) in [5.74, 6) is -0.336. The molecular formula is C21H27ClN2O3S. The van der Waals surface area contributed by atoms with E-state index in [1.807, 2.05) is 33.8 Å². The number of nitrogens with one attached hydrogen (secondary N) is 1. The third-order valence-electron chi connectivity index (χ3n) is 4.60. The highest BCUT2D eigenvalue weighted by molar-refractivity contribution is 7.92. The first-order chi connectivity index (χ1) is 13.1. The molecule has 0 fully saturated rings. The number of hydrogen-bond acceptors (Lipinski definition) is 3. The van der Waals surface area contributed by atoms with Gasteiger partial charge in [-0.3, -0.25) is 9.10 Å². The Balaban J connectivity index is 2.42. The number of carbonyl (C=O) groups excluding carboxylic acids is 1. The third kappa shape index (κ3) is 5.49. The quantitative estimate of drug-likeness (QED) is 0.683. The summed E-state index contributed by atoms with van der Waals surface area (Å²) in [7, 11) is -3.93. The molecule has 0 aliphatic heterocycles. The van der Waals surface area contributed by atoms with Gasteiger partial charge in [-0.2, -0.15) is 0 Å². The highest BCUT2D eigenvalue weighted by Gasteiger charge is 2.27. The van der Waals surface area contributed by atoms with Crippen LogP contribution in [0.5, 0.6) is 0 Å². The van der Waals surface area contributed by atoms with Crippen LogP contribution in [0.1, 0.15) is 37.8 Å². The predicted molar refractivity (Wildman–Crippen MR) is 114 cm³/mol. The number of carbonyl (C=O) groups is 1. The van der Waals surface area contributed by atoms with Crippen molar-refractivity contribution in [2.45, 2.75) is 51.5 Å². The molecule has 0 aromatic heterocycles. The van der Waals surface area contributed by atoms with Crippen molar-refractivity contribution in [3.8, 4) is 0 Å². The Hall–Kier alpha value is -2.05. The minimum Gasteiger partial charge on any atom is -0.352 e. The molecule has 0 bridgehead atoms. The Labute approximate surface area is 172 Å². The highest BCUT2D eigenvalue weighted by atomic mass is 35.5. The zero-order chi connectivity index (χ0) is 20.9. The fourth-order valence-electron chi connectivity index (χ4n) is 2.89. The second kappa shape index (κ2) is 9.43. The Kier molecular flexibility index (Phi) is 7.49. The summed E-state index contributed by atoms with van der Waals surface area (Å²) in [6.07, 6.45) is 1.77. The van der Waals surface area contributed by atoms with Crippen LogP contribution in [0, 0.1) is 13.8 Å². The molecule has 0 heterocycles. The van der Waals surface area contributed by atoms with Gasteiger partial charge in [-0.15, -0.1) is 0 Å². The molecule has 0 saturated carbocycles. The standard InChI is InChI=1S/C21H27ClN2O3S/c1-5-6-17(4)23-21(25)14-24(19-10-7-15(2)16(3)13-19)28(26,27)20-11-8-18(22)9-12-20/h7-13,17H,5-6,14H2,1-4H3,(H,23,25)/t17-/m1/s1. The molecule has 152 valence electrons. The number of hydrogen-bond donors (Lipinski definition) is 1. The van der Waals surface area contributed by atoms with Gasteiger partial charge in [0.2, 0.25) is 5.91 Å². The van der Waals surface area contributed by atoms with E-state index >= 15 is 0 Å². The van der Waals surface area contributed by atoms with Crippen LogP contribution in [-0.4, -0.2) is 26.9 Å². The minimum absolute atomic E-state index is 0.0164. The molecule has 2 aromatic carbocycles. The summed E-state index contributed by atoms with van der Waals surface area (Å²) in [5.41, 5.74) is 2.46. The average Bonchev–Trinajstić information content (AvgIpc) is 2.62. The fourth-order valence-corrected chi connectivity index (χ4v) is 4.42. The Bertz CT molecular complexity index is 927. The Morgan fingerprint density at radius 2 is 1.75 bits per heavy atom. The van der Waals surface area contributed by atoms with Gasteiger partial charge in [-0.1, -0.05) is 31.0 Å². The molecule has 7 heteroatoms. The first-order valence-electron chi connectivity index (χ1n) is 9.30. The second-order valence-corrected chi connectivity index (χ2v) is 9.29. The number of halogens is 1. The maximum atomic E-state index is 13.3. The van der Waals surface area contributed by atoms with E-state index in [9.17, 15) is 13.2 Å².